The van der Waals surface area contributed by atoms with Crippen molar-refractivity contribution in [2.24, 2.45) is 11.3 Å². The number of aryl methyl sites for hydroxylation is 1. The van der Waals surface area contributed by atoms with Crippen LogP contribution in [0.5, 0.6) is 0 Å². The van der Waals surface area contributed by atoms with Crippen molar-refractivity contribution in [3.63, 3.8) is 0 Å². The van der Waals surface area contributed by atoms with Gasteiger partial charge in [-0.1, -0.05) is 31.5 Å². The van der Waals surface area contributed by atoms with Gasteiger partial charge in [-0.15, -0.1) is 0 Å². The first-order valence-corrected chi connectivity index (χ1v) is 10.3. The number of nitrogens with one attached hydrogen (secondary N) is 1. The molecule has 0 spiro atoms. The Labute approximate surface area is 168 Å². The molecule has 0 aromatic heterocycles. The highest BCUT2D eigenvalue weighted by Crippen LogP contribution is 2.44. The van der Waals surface area contributed by atoms with E-state index >= 15 is 0 Å². The largest absolute Gasteiger partial charge is 0.369 e. The number of anilines is 3. The van der Waals surface area contributed by atoms with Gasteiger partial charge < -0.3 is 15.1 Å². The van der Waals surface area contributed by atoms with E-state index in [1.165, 1.54) is 23.4 Å². The van der Waals surface area contributed by atoms with Crippen molar-refractivity contribution in [2.75, 3.05) is 34.8 Å². The van der Waals surface area contributed by atoms with E-state index < -0.39 is 0 Å². The summed E-state index contributed by atoms with van der Waals surface area (Å²) < 4.78 is 0. The zero-order valence-electron chi connectivity index (χ0n) is 17.4. The van der Waals surface area contributed by atoms with Crippen LogP contribution in [-0.4, -0.2) is 31.6 Å². The molecule has 1 unspecified atom stereocenters. The zero-order valence-corrected chi connectivity index (χ0v) is 17.4. The lowest BCUT2D eigenvalue weighted by atomic mass is 9.73. The van der Waals surface area contributed by atoms with Crippen molar-refractivity contribution >= 4 is 23.0 Å². The van der Waals surface area contributed by atoms with Crippen LogP contribution in [0.1, 0.15) is 32.8 Å². The van der Waals surface area contributed by atoms with Gasteiger partial charge in [0, 0.05) is 43.6 Å². The molecule has 2 aromatic carbocycles. The van der Waals surface area contributed by atoms with E-state index in [4.69, 9.17) is 0 Å². The minimum atomic E-state index is -0.0314. The molecule has 2 bridgehead atoms. The fraction of sp³-hybridized carbons (Fsp3) is 0.458. The number of piperidine rings is 1. The fourth-order valence-electron chi connectivity index (χ4n) is 5.03. The van der Waals surface area contributed by atoms with Gasteiger partial charge in [0.15, 0.2) is 0 Å². The lowest BCUT2D eigenvalue weighted by Crippen LogP contribution is -2.53. The summed E-state index contributed by atoms with van der Waals surface area (Å²) in [5, 5.41) is 2.86. The molecule has 4 heteroatoms. The third-order valence-corrected chi connectivity index (χ3v) is 6.34. The first-order chi connectivity index (χ1) is 13.3. The molecule has 3 saturated heterocycles. The topological polar surface area (TPSA) is 35.6 Å². The number of rotatable bonds is 3. The van der Waals surface area contributed by atoms with E-state index in [0.29, 0.717) is 12.0 Å². The van der Waals surface area contributed by atoms with Gasteiger partial charge in [-0.3, -0.25) is 4.79 Å². The molecule has 4 nitrogen and oxygen atoms in total. The van der Waals surface area contributed by atoms with E-state index in [9.17, 15) is 4.79 Å². The second-order valence-electron chi connectivity index (χ2n) is 9.20. The summed E-state index contributed by atoms with van der Waals surface area (Å²) in [6, 6.07) is 17.8. The highest BCUT2D eigenvalue weighted by atomic mass is 16.1. The molecular formula is C24H31N3O. The van der Waals surface area contributed by atoms with Crippen LogP contribution < -0.4 is 15.1 Å². The molecule has 1 N–H and O–H groups in total. The Morgan fingerprint density at radius 1 is 0.964 bits per heavy atom. The number of carbonyl (C=O) groups excluding carboxylic acids is 1. The zero-order chi connectivity index (χ0) is 19.9. The highest BCUT2D eigenvalue weighted by molar-refractivity contribution is 5.88. The summed E-state index contributed by atoms with van der Waals surface area (Å²) in [7, 11) is 0. The molecule has 5 rings (SSSR count). The molecular weight excluding hydrogens is 346 g/mol. The first-order valence-electron chi connectivity index (χ1n) is 10.3. The van der Waals surface area contributed by atoms with Gasteiger partial charge >= 0.3 is 0 Å². The van der Waals surface area contributed by atoms with Crippen molar-refractivity contribution in [1.82, 2.24) is 0 Å². The number of hydrogen-bond acceptors (Lipinski definition) is 3. The Bertz CT molecular complexity index is 841. The summed E-state index contributed by atoms with van der Waals surface area (Å²) >= 11 is 0. The quantitative estimate of drug-likeness (QED) is 0.842. The van der Waals surface area contributed by atoms with Crippen LogP contribution in [0, 0.1) is 18.3 Å². The average Bonchev–Trinajstić information content (AvgIpc) is 2.89. The van der Waals surface area contributed by atoms with Crippen molar-refractivity contribution in [3.05, 3.63) is 54.1 Å². The number of fused-ring (bicyclic) bond motifs is 4. The Morgan fingerprint density at radius 3 is 2.25 bits per heavy atom. The van der Waals surface area contributed by atoms with Crippen LogP contribution in [-0.2, 0) is 4.79 Å². The molecule has 3 fully saturated rings. The van der Waals surface area contributed by atoms with E-state index in [2.05, 4.69) is 72.3 Å². The van der Waals surface area contributed by atoms with Gasteiger partial charge in [-0.25, -0.2) is 0 Å². The molecule has 2 aromatic rings. The summed E-state index contributed by atoms with van der Waals surface area (Å²) in [4.78, 5) is 16.5. The van der Waals surface area contributed by atoms with Crippen LogP contribution in [0.2, 0.25) is 0 Å². The minimum Gasteiger partial charge on any atom is -0.369 e. The van der Waals surface area contributed by atoms with E-state index in [0.717, 1.165) is 25.3 Å². The second kappa shape index (κ2) is 7.16. The molecule has 28 heavy (non-hydrogen) atoms. The van der Waals surface area contributed by atoms with Crippen molar-refractivity contribution in [3.8, 4) is 0 Å². The Kier molecular flexibility index (Phi) is 4.82. The first kappa shape index (κ1) is 18.9. The number of nitrogens with zero attached hydrogens (tertiary/aromatic N) is 2. The normalized spacial score (nSPS) is 23.4. The van der Waals surface area contributed by atoms with Crippen molar-refractivity contribution < 1.29 is 4.79 Å². The van der Waals surface area contributed by atoms with E-state index in [-0.39, 0.29) is 11.3 Å². The predicted octanol–water partition coefficient (Wildman–Crippen LogP) is 4.69. The monoisotopic (exact) mass is 377 g/mol. The van der Waals surface area contributed by atoms with Crippen LogP contribution in [0.4, 0.5) is 17.1 Å². The Balaban J connectivity index is 1.60. The summed E-state index contributed by atoms with van der Waals surface area (Å²) in [5.41, 5.74) is 5.03. The lowest BCUT2D eigenvalue weighted by molar-refractivity contribution is -0.114. The van der Waals surface area contributed by atoms with Gasteiger partial charge in [-0.05, 0) is 61.1 Å². The smallest absolute Gasteiger partial charge is 0.221 e. The Hall–Kier alpha value is -2.49. The summed E-state index contributed by atoms with van der Waals surface area (Å²) in [6.45, 7) is 11.8. The molecule has 0 aliphatic carbocycles. The van der Waals surface area contributed by atoms with Crippen molar-refractivity contribution in [1.29, 1.82) is 0 Å². The maximum atomic E-state index is 11.3. The fourth-order valence-corrected chi connectivity index (χ4v) is 5.03. The molecule has 148 valence electrons. The lowest BCUT2D eigenvalue weighted by Gasteiger charge is -2.48. The second-order valence-corrected chi connectivity index (χ2v) is 9.20. The summed E-state index contributed by atoms with van der Waals surface area (Å²) in [5.74, 6) is 0.612. The minimum absolute atomic E-state index is 0.0314. The van der Waals surface area contributed by atoms with E-state index in [1.807, 2.05) is 12.1 Å². The SMILES string of the molecule is CC(=O)Nc1ccc(N2CC3N(c4ccc(C)cc4)C[C@@H](C2)CC3(C)C)cc1. The molecule has 2 atom stereocenters. The average molecular weight is 378 g/mol. The third kappa shape index (κ3) is 3.73. The van der Waals surface area contributed by atoms with Crippen LogP contribution in [0.15, 0.2) is 48.5 Å². The maximum Gasteiger partial charge on any atom is 0.221 e. The number of carbonyl (C=O) groups is 1. The van der Waals surface area contributed by atoms with Gasteiger partial charge in [0.25, 0.3) is 0 Å². The molecule has 3 aliphatic rings. The maximum absolute atomic E-state index is 11.3. The number of benzene rings is 2. The van der Waals surface area contributed by atoms with Crippen LogP contribution in [0.3, 0.4) is 0 Å². The van der Waals surface area contributed by atoms with Gasteiger partial charge in [0.1, 0.15) is 0 Å². The standard InChI is InChI=1S/C24H31N3O/c1-17-5-9-22(10-6-17)27-15-19-13-24(3,4)23(27)16-26(14-19)21-11-7-20(8-12-21)25-18(2)28/h5-12,19,23H,13-16H2,1-4H3,(H,25,28)/t19-,23?/m1/s1. The third-order valence-electron chi connectivity index (χ3n) is 6.34. The van der Waals surface area contributed by atoms with Gasteiger partial charge in [-0.2, -0.15) is 0 Å². The Morgan fingerprint density at radius 2 is 1.61 bits per heavy atom. The molecule has 1 amide bonds. The highest BCUT2D eigenvalue weighted by Gasteiger charge is 2.45. The molecule has 0 saturated carbocycles. The van der Waals surface area contributed by atoms with Crippen LogP contribution in [0.25, 0.3) is 0 Å². The van der Waals surface area contributed by atoms with Crippen LogP contribution >= 0.6 is 0 Å². The molecule has 3 heterocycles. The number of amides is 1. The number of hydrogen-bond donors (Lipinski definition) is 1. The van der Waals surface area contributed by atoms with Gasteiger partial charge in [0.2, 0.25) is 5.91 Å². The molecule has 3 aliphatic heterocycles. The summed E-state index contributed by atoms with van der Waals surface area (Å²) in [6.07, 6.45) is 1.26. The van der Waals surface area contributed by atoms with Gasteiger partial charge in [0.05, 0.1) is 6.04 Å². The van der Waals surface area contributed by atoms with Crippen molar-refractivity contribution in [2.45, 2.75) is 40.2 Å². The predicted molar refractivity (Wildman–Crippen MR) is 117 cm³/mol. The van der Waals surface area contributed by atoms with E-state index in [1.54, 1.807) is 6.92 Å². The molecule has 0 radical (unpaired) electrons.